The van der Waals surface area contributed by atoms with Crippen molar-refractivity contribution >= 4 is 30.8 Å². The van der Waals surface area contributed by atoms with E-state index in [9.17, 15) is 14.3 Å². The number of nitrogens with zero attached hydrogens (tertiary/aromatic N) is 4. The van der Waals surface area contributed by atoms with Gasteiger partial charge in [-0.1, -0.05) is 30.3 Å². The quantitative estimate of drug-likeness (QED) is 0.387. The van der Waals surface area contributed by atoms with Gasteiger partial charge in [0.25, 0.3) is 7.82 Å². The van der Waals surface area contributed by atoms with Crippen LogP contribution in [0.2, 0.25) is 0 Å². The van der Waals surface area contributed by atoms with Gasteiger partial charge in [-0.2, -0.15) is 0 Å². The molecule has 14 nitrogen and oxygen atoms in total. The molecule has 0 saturated carbocycles. The van der Waals surface area contributed by atoms with E-state index in [1.807, 2.05) is 30.3 Å². The first kappa shape index (κ1) is 23.8. The van der Waals surface area contributed by atoms with Crippen LogP contribution in [0, 0.1) is 0 Å². The van der Waals surface area contributed by atoms with Crippen molar-refractivity contribution in [3.63, 3.8) is 0 Å². The Balaban J connectivity index is 1.45. The van der Waals surface area contributed by atoms with Gasteiger partial charge in [-0.05, 0) is 6.92 Å². The smallest absolute Gasteiger partial charge is 0.320 e. The van der Waals surface area contributed by atoms with Crippen molar-refractivity contribution in [1.29, 1.82) is 0 Å². The number of hydrogen-bond donors (Lipinski definition) is 3. The van der Waals surface area contributed by atoms with Crippen LogP contribution < -0.4 is 15.5 Å². The average molecular weight is 505 g/mol. The number of carbonyl (C=O) groups excluding carboxylic acids is 1. The summed E-state index contributed by atoms with van der Waals surface area (Å²) in [5.74, 6) is 0.201. The van der Waals surface area contributed by atoms with Crippen molar-refractivity contribution in [3.8, 4) is 0 Å². The van der Waals surface area contributed by atoms with Gasteiger partial charge in [0.2, 0.25) is 0 Å². The lowest BCUT2D eigenvalue weighted by Gasteiger charge is -2.23. The van der Waals surface area contributed by atoms with Crippen LogP contribution in [0.25, 0.3) is 11.2 Å². The molecule has 2 saturated heterocycles. The molecule has 0 spiro atoms. The lowest BCUT2D eigenvalue weighted by atomic mass is 10.1. The zero-order chi connectivity index (χ0) is 24.6. The third-order valence-corrected chi connectivity index (χ3v) is 6.00. The third-order valence-electron chi connectivity index (χ3n) is 5.52. The molecule has 4 heterocycles. The summed E-state index contributed by atoms with van der Waals surface area (Å²) in [6.45, 7) is 1.74. The second-order valence-electron chi connectivity index (χ2n) is 7.80. The van der Waals surface area contributed by atoms with Crippen LogP contribution in [-0.4, -0.2) is 61.9 Å². The van der Waals surface area contributed by atoms with Crippen LogP contribution in [0.3, 0.4) is 0 Å². The number of ether oxygens (including phenoxy) is 3. The summed E-state index contributed by atoms with van der Waals surface area (Å²) in [4.78, 5) is 44.9. The van der Waals surface area contributed by atoms with Crippen molar-refractivity contribution < 1.29 is 37.9 Å². The van der Waals surface area contributed by atoms with Gasteiger partial charge in [0, 0.05) is 12.1 Å². The SMILES string of the molecule is CCNC(=O)Nc1ncnc2c1ncn2[C@@H]1O[C@H](COP(=O)([O-])O)C2OC(c3ccccc3)O[C@@H]21. The normalized spacial score (nSPS) is 27.5. The Bertz CT molecular complexity index is 1250. The second kappa shape index (κ2) is 9.59. The zero-order valence-electron chi connectivity index (χ0n) is 18.4. The molecule has 186 valence electrons. The highest BCUT2D eigenvalue weighted by Gasteiger charge is 2.54. The number of amides is 2. The topological polar surface area (TPSA) is 182 Å². The van der Waals surface area contributed by atoms with Crippen LogP contribution >= 0.6 is 7.82 Å². The minimum atomic E-state index is -4.99. The van der Waals surface area contributed by atoms with Gasteiger partial charge in [-0.25, -0.2) is 19.7 Å². The summed E-state index contributed by atoms with van der Waals surface area (Å²) in [6.07, 6.45) is -1.13. The molecule has 1 aromatic carbocycles. The molecule has 35 heavy (non-hydrogen) atoms. The Hall–Kier alpha value is -2.97. The molecule has 2 aromatic heterocycles. The predicted octanol–water partition coefficient (Wildman–Crippen LogP) is 0.825. The van der Waals surface area contributed by atoms with Gasteiger partial charge in [-0.15, -0.1) is 0 Å². The summed E-state index contributed by atoms with van der Waals surface area (Å²) >= 11 is 0. The first-order valence-electron chi connectivity index (χ1n) is 10.8. The largest absolute Gasteiger partial charge is 0.756 e. The minimum Gasteiger partial charge on any atom is -0.756 e. The molecule has 2 fully saturated rings. The van der Waals surface area contributed by atoms with Crippen molar-refractivity contribution in [3.05, 3.63) is 48.5 Å². The van der Waals surface area contributed by atoms with Crippen molar-refractivity contribution in [2.45, 2.75) is 37.8 Å². The van der Waals surface area contributed by atoms with E-state index >= 15 is 0 Å². The molecule has 0 radical (unpaired) electrons. The van der Waals surface area contributed by atoms with Crippen molar-refractivity contribution in [1.82, 2.24) is 24.8 Å². The number of aromatic nitrogens is 4. The molecule has 5 rings (SSSR count). The minimum absolute atomic E-state index is 0.201. The van der Waals surface area contributed by atoms with Gasteiger partial charge in [-0.3, -0.25) is 14.4 Å². The first-order valence-corrected chi connectivity index (χ1v) is 12.3. The lowest BCUT2D eigenvalue weighted by molar-refractivity contribution is -0.224. The third kappa shape index (κ3) is 4.90. The van der Waals surface area contributed by atoms with E-state index in [1.54, 1.807) is 11.5 Å². The Labute approximate surface area is 198 Å². The number of benzene rings is 1. The molecule has 3 aromatic rings. The zero-order valence-corrected chi connectivity index (χ0v) is 19.3. The van der Waals surface area contributed by atoms with Gasteiger partial charge in [0.15, 0.2) is 29.5 Å². The fourth-order valence-corrected chi connectivity index (χ4v) is 4.41. The van der Waals surface area contributed by atoms with E-state index < -0.39 is 51.3 Å². The summed E-state index contributed by atoms with van der Waals surface area (Å²) in [6, 6.07) is 8.78. The van der Waals surface area contributed by atoms with Crippen molar-refractivity contribution in [2.75, 3.05) is 18.5 Å². The summed E-state index contributed by atoms with van der Waals surface area (Å²) < 4.78 is 35.6. The number of hydrogen-bond acceptors (Lipinski definition) is 10. The van der Waals surface area contributed by atoms with Crippen LogP contribution in [0.15, 0.2) is 43.0 Å². The first-order chi connectivity index (χ1) is 16.8. The highest BCUT2D eigenvalue weighted by Crippen LogP contribution is 2.46. The fourth-order valence-electron chi connectivity index (χ4n) is 4.07. The van der Waals surface area contributed by atoms with Crippen LogP contribution in [-0.2, 0) is 23.3 Å². The molecule has 6 atom stereocenters. The van der Waals surface area contributed by atoms with Crippen LogP contribution in [0.1, 0.15) is 25.0 Å². The number of phosphoric ester groups is 1. The number of carbonyl (C=O) groups is 1. The predicted molar refractivity (Wildman–Crippen MR) is 117 cm³/mol. The number of urea groups is 1. The standard InChI is InChI=1S/C20H23N6O8P/c1-2-21-20(27)25-16-13-17(23-9-22-16)26(10-24-13)18-15-14(12(32-18)8-31-35(28,29)30)33-19(34-15)11-6-4-3-5-7-11/h3-7,9-10,12,14-15,18-19H,2,8H2,1H3,(H2,28,29,30)(H2,21,22,23,25,27)/p-1/t12-,14?,15+,18-,19?/m1/s1. The molecular weight excluding hydrogens is 483 g/mol. The molecular formula is C20H22N6O8P-. The molecule has 0 bridgehead atoms. The number of imidazole rings is 1. The molecule has 3 N–H and O–H groups in total. The van der Waals surface area contributed by atoms with Crippen molar-refractivity contribution in [2.24, 2.45) is 0 Å². The van der Waals surface area contributed by atoms with E-state index in [2.05, 4.69) is 30.1 Å². The van der Waals surface area contributed by atoms with Gasteiger partial charge in [0.1, 0.15) is 24.6 Å². The Kier molecular flexibility index (Phi) is 6.51. The Morgan fingerprint density at radius 1 is 1.20 bits per heavy atom. The van der Waals surface area contributed by atoms with E-state index in [4.69, 9.17) is 19.1 Å². The molecule has 2 aliphatic heterocycles. The number of anilines is 1. The monoisotopic (exact) mass is 505 g/mol. The number of phosphoric acid groups is 1. The number of fused-ring (bicyclic) bond motifs is 2. The molecule has 3 unspecified atom stereocenters. The number of rotatable bonds is 7. The van der Waals surface area contributed by atoms with E-state index in [0.29, 0.717) is 17.7 Å². The maximum atomic E-state index is 12.0. The summed E-state index contributed by atoms with van der Waals surface area (Å²) in [5, 5.41) is 5.24. The Morgan fingerprint density at radius 2 is 1.97 bits per heavy atom. The second-order valence-corrected chi connectivity index (χ2v) is 9.00. The highest BCUT2D eigenvalue weighted by molar-refractivity contribution is 7.44. The van der Waals surface area contributed by atoms with E-state index in [0.717, 1.165) is 5.56 Å². The Morgan fingerprint density at radius 3 is 2.71 bits per heavy atom. The molecule has 2 aliphatic rings. The summed E-state index contributed by atoms with van der Waals surface area (Å²) in [7, 11) is -4.99. The van der Waals surface area contributed by atoms with Gasteiger partial charge >= 0.3 is 6.03 Å². The highest BCUT2D eigenvalue weighted by atomic mass is 31.2. The average Bonchev–Trinajstić information content (AvgIpc) is 3.52. The maximum Gasteiger partial charge on any atom is 0.320 e. The van der Waals surface area contributed by atoms with Crippen LogP contribution in [0.4, 0.5) is 10.6 Å². The van der Waals surface area contributed by atoms with Gasteiger partial charge in [0.05, 0.1) is 12.9 Å². The summed E-state index contributed by atoms with van der Waals surface area (Å²) in [5.41, 5.74) is 1.43. The fraction of sp³-hybridized carbons (Fsp3) is 0.400. The van der Waals surface area contributed by atoms with Gasteiger partial charge < -0.3 is 33.8 Å². The molecule has 0 aliphatic carbocycles. The van der Waals surface area contributed by atoms with E-state index in [-0.39, 0.29) is 5.82 Å². The lowest BCUT2D eigenvalue weighted by Crippen LogP contribution is -2.32. The van der Waals surface area contributed by atoms with E-state index in [1.165, 1.54) is 12.7 Å². The number of nitrogens with one attached hydrogen (secondary N) is 2. The maximum absolute atomic E-state index is 12.0. The molecule has 15 heteroatoms. The van der Waals surface area contributed by atoms with Crippen LogP contribution in [0.5, 0.6) is 0 Å². The molecule has 2 amide bonds.